The summed E-state index contributed by atoms with van der Waals surface area (Å²) in [6.45, 7) is 2.49. The lowest BCUT2D eigenvalue weighted by Gasteiger charge is -2.19. The van der Waals surface area contributed by atoms with E-state index in [0.29, 0.717) is 18.0 Å². The molecular weight excluding hydrogens is 450 g/mol. The van der Waals surface area contributed by atoms with E-state index in [9.17, 15) is 4.57 Å². The molecule has 5 nitrogen and oxygen atoms in total. The lowest BCUT2D eigenvalue weighted by molar-refractivity contribution is -0.697. The van der Waals surface area contributed by atoms with Crippen LogP contribution in [0.2, 0.25) is 0 Å². The van der Waals surface area contributed by atoms with Gasteiger partial charge in [-0.3, -0.25) is 0 Å². The fourth-order valence-electron chi connectivity index (χ4n) is 2.31. The third-order valence-electron chi connectivity index (χ3n) is 3.57. The van der Waals surface area contributed by atoms with Crippen molar-refractivity contribution in [3.63, 3.8) is 0 Å². The van der Waals surface area contributed by atoms with Gasteiger partial charge in [0.1, 0.15) is 36.6 Å². The normalized spacial score (nSPS) is 10.8. The van der Waals surface area contributed by atoms with Gasteiger partial charge in [0.25, 0.3) is 5.82 Å². The molecule has 3 rings (SSSR count). The monoisotopic (exact) mass is 470 g/mol. The maximum atomic E-state index is 13.3. The first-order valence-corrected chi connectivity index (χ1v) is 9.49. The Kier molecular flexibility index (Phi) is 7.08. The fraction of sp³-hybridized carbons (Fsp3) is 0.167. The van der Waals surface area contributed by atoms with E-state index in [1.54, 1.807) is 24.3 Å². The minimum Gasteiger partial charge on any atom is -1.00 e. The number of imidazole rings is 1. The van der Waals surface area contributed by atoms with Crippen LogP contribution in [0.15, 0.2) is 73.1 Å². The zero-order valence-corrected chi connectivity index (χ0v) is 16.9. The van der Waals surface area contributed by atoms with Gasteiger partial charge < -0.3 is 33.0 Å². The van der Waals surface area contributed by atoms with E-state index in [0.717, 1.165) is 5.82 Å². The average Bonchev–Trinajstić information content (AvgIpc) is 3.00. The number of halogens is 1. The number of hydrogen-bond donors (Lipinski definition) is 1. The molecule has 1 N–H and O–H groups in total. The van der Waals surface area contributed by atoms with E-state index >= 15 is 0 Å². The minimum atomic E-state index is -3.36. The van der Waals surface area contributed by atoms with Gasteiger partial charge in [0.2, 0.25) is 0 Å². The van der Waals surface area contributed by atoms with E-state index in [1.165, 1.54) is 0 Å². The Morgan fingerprint density at radius 1 is 0.960 bits per heavy atom. The maximum absolute atomic E-state index is 13.3. The Labute approximate surface area is 164 Å². The molecule has 0 spiro atoms. The van der Waals surface area contributed by atoms with Gasteiger partial charge in [-0.25, -0.2) is 14.1 Å². The summed E-state index contributed by atoms with van der Waals surface area (Å²) in [6, 6.07) is 18.2. The molecule has 0 unspecified atom stereocenters. The standard InChI is InChI=1S/C18H19N2O3P.HI/c1-16-19-12-13-20(16)14-15-24(21,22-17-8-4-2-5-9-17)23-18-10-6-3-7-11-18;/h2-13H,14-15H2,1H3;1H. The Balaban J connectivity index is 0.00000225. The molecule has 0 atom stereocenters. The highest BCUT2D eigenvalue weighted by Gasteiger charge is 2.29. The molecule has 25 heavy (non-hydrogen) atoms. The SMILES string of the molecule is Cc1[nH]cc[n+]1CCP(=O)(Oc1ccccc1)Oc1ccccc1.[I-]. The second-order valence-corrected chi connectivity index (χ2v) is 7.42. The Bertz CT molecular complexity index is 779. The van der Waals surface area contributed by atoms with Gasteiger partial charge in [0, 0.05) is 6.92 Å². The van der Waals surface area contributed by atoms with Crippen molar-refractivity contribution in [2.24, 2.45) is 0 Å². The van der Waals surface area contributed by atoms with Gasteiger partial charge in [-0.05, 0) is 24.3 Å². The van der Waals surface area contributed by atoms with Crippen LogP contribution in [-0.2, 0) is 11.1 Å². The van der Waals surface area contributed by atoms with Crippen LogP contribution in [0.4, 0.5) is 0 Å². The predicted octanol–water partition coefficient (Wildman–Crippen LogP) is 0.966. The first-order chi connectivity index (χ1) is 11.6. The van der Waals surface area contributed by atoms with E-state index in [2.05, 4.69) is 4.98 Å². The van der Waals surface area contributed by atoms with Crippen LogP contribution < -0.4 is 37.6 Å². The molecular formula is C18H20IN2O3P. The predicted molar refractivity (Wildman–Crippen MR) is 92.3 cm³/mol. The highest BCUT2D eigenvalue weighted by atomic mass is 127. The summed E-state index contributed by atoms with van der Waals surface area (Å²) in [5.41, 5.74) is 0. The zero-order chi connectivity index (χ0) is 16.8. The lowest BCUT2D eigenvalue weighted by atomic mass is 10.3. The first-order valence-electron chi connectivity index (χ1n) is 7.76. The molecule has 2 aromatic carbocycles. The van der Waals surface area contributed by atoms with Crippen molar-refractivity contribution >= 4 is 7.60 Å². The van der Waals surface area contributed by atoms with E-state index < -0.39 is 7.60 Å². The topological polar surface area (TPSA) is 55.2 Å². The van der Waals surface area contributed by atoms with E-state index in [-0.39, 0.29) is 30.1 Å². The number of rotatable bonds is 7. The summed E-state index contributed by atoms with van der Waals surface area (Å²) in [5.74, 6) is 2.06. The van der Waals surface area contributed by atoms with E-state index in [4.69, 9.17) is 9.05 Å². The van der Waals surface area contributed by atoms with Crippen LogP contribution in [0.3, 0.4) is 0 Å². The van der Waals surface area contributed by atoms with E-state index in [1.807, 2.05) is 60.3 Å². The summed E-state index contributed by atoms with van der Waals surface area (Å²) in [7, 11) is -3.36. The number of hydrogen-bond acceptors (Lipinski definition) is 3. The highest BCUT2D eigenvalue weighted by Crippen LogP contribution is 2.48. The van der Waals surface area contributed by atoms with Crippen LogP contribution in [0.5, 0.6) is 11.5 Å². The van der Waals surface area contributed by atoms with Crippen molar-refractivity contribution in [2.75, 3.05) is 6.16 Å². The molecule has 0 aliphatic heterocycles. The van der Waals surface area contributed by atoms with Crippen LogP contribution in [-0.4, -0.2) is 11.1 Å². The quantitative estimate of drug-likeness (QED) is 0.318. The second-order valence-electron chi connectivity index (χ2n) is 5.38. The summed E-state index contributed by atoms with van der Waals surface area (Å²) in [5, 5.41) is 0. The minimum absolute atomic E-state index is 0. The molecule has 0 radical (unpaired) electrons. The summed E-state index contributed by atoms with van der Waals surface area (Å²) >= 11 is 0. The smallest absolute Gasteiger partial charge is 0.434 e. The van der Waals surface area contributed by atoms with Gasteiger partial charge in [0.15, 0.2) is 0 Å². The van der Waals surface area contributed by atoms with Crippen molar-refractivity contribution in [1.82, 2.24) is 4.98 Å². The van der Waals surface area contributed by atoms with Gasteiger partial charge in [-0.1, -0.05) is 36.4 Å². The number of nitrogens with zero attached hydrogens (tertiary/aromatic N) is 1. The Hall–Kier alpha value is -1.79. The van der Waals surface area contributed by atoms with Gasteiger partial charge in [0.05, 0.1) is 0 Å². The third kappa shape index (κ3) is 5.61. The summed E-state index contributed by atoms with van der Waals surface area (Å²) < 4.78 is 26.8. The molecule has 0 amide bonds. The van der Waals surface area contributed by atoms with Gasteiger partial charge in [-0.2, -0.15) is 0 Å². The van der Waals surface area contributed by atoms with Crippen LogP contribution >= 0.6 is 7.60 Å². The number of benzene rings is 2. The van der Waals surface area contributed by atoms with Crippen molar-refractivity contribution in [3.8, 4) is 11.5 Å². The highest BCUT2D eigenvalue weighted by molar-refractivity contribution is 7.54. The number of nitrogens with one attached hydrogen (secondary N) is 1. The van der Waals surface area contributed by atoms with Crippen molar-refractivity contribution in [1.29, 1.82) is 0 Å². The Morgan fingerprint density at radius 3 is 1.92 bits per heavy atom. The molecule has 132 valence electrons. The summed E-state index contributed by atoms with van der Waals surface area (Å²) in [6.07, 6.45) is 4.02. The number of H-pyrrole nitrogens is 1. The van der Waals surface area contributed by atoms with Crippen LogP contribution in [0.1, 0.15) is 5.82 Å². The molecule has 0 aliphatic carbocycles. The fourth-order valence-corrected chi connectivity index (χ4v) is 3.87. The molecule has 0 saturated carbocycles. The number of para-hydroxylation sites is 2. The van der Waals surface area contributed by atoms with Crippen LogP contribution in [0.25, 0.3) is 0 Å². The van der Waals surface area contributed by atoms with Crippen molar-refractivity contribution < 1.29 is 42.2 Å². The molecule has 7 heteroatoms. The molecule has 0 aliphatic rings. The lowest BCUT2D eigenvalue weighted by Crippen LogP contribution is -3.00. The molecule has 1 heterocycles. The first kappa shape index (κ1) is 19.5. The van der Waals surface area contributed by atoms with Crippen molar-refractivity contribution in [2.45, 2.75) is 13.5 Å². The maximum Gasteiger partial charge on any atom is 0.434 e. The Morgan fingerprint density at radius 2 is 1.48 bits per heavy atom. The third-order valence-corrected chi connectivity index (χ3v) is 5.29. The number of aromatic amines is 1. The average molecular weight is 470 g/mol. The van der Waals surface area contributed by atoms with Crippen LogP contribution in [0, 0.1) is 6.92 Å². The molecule has 3 aromatic rings. The van der Waals surface area contributed by atoms with Gasteiger partial charge in [-0.15, -0.1) is 0 Å². The molecule has 0 saturated heterocycles. The van der Waals surface area contributed by atoms with Crippen molar-refractivity contribution in [3.05, 3.63) is 78.9 Å². The number of aryl methyl sites for hydroxylation is 2. The zero-order valence-electron chi connectivity index (χ0n) is 13.8. The second kappa shape index (κ2) is 9.06. The molecule has 0 fully saturated rings. The molecule has 0 bridgehead atoms. The summed E-state index contributed by atoms with van der Waals surface area (Å²) in [4.78, 5) is 3.10. The largest absolute Gasteiger partial charge is 1.00 e. The number of aromatic nitrogens is 2. The molecule has 1 aromatic heterocycles. The van der Waals surface area contributed by atoms with Gasteiger partial charge >= 0.3 is 7.60 Å².